The van der Waals surface area contributed by atoms with Gasteiger partial charge >= 0.3 is 0 Å². The van der Waals surface area contributed by atoms with Crippen molar-refractivity contribution in [1.82, 2.24) is 0 Å². The van der Waals surface area contributed by atoms with E-state index in [2.05, 4.69) is 149 Å². The molecular formula is C32H38OSi2. The molecule has 0 aliphatic carbocycles. The standard InChI is InChI=1S/C32H38OSi2/c1-5-27(3)34(29-19-11-7-12-20-29,30-21-13-8-14-22-30)33-35(28(4)6-2,31-23-15-9-16-24-31)32-25-17-10-18-26-32/h7-28H,5-6H2,1-4H3/t27-,28-/m1/s1. The Bertz CT molecular complexity index is 989. The zero-order valence-corrected chi connectivity index (χ0v) is 23.5. The van der Waals surface area contributed by atoms with Crippen LogP contribution in [-0.4, -0.2) is 16.6 Å². The first-order chi connectivity index (χ1) is 17.1. The fraction of sp³-hybridized carbons (Fsp3) is 0.250. The molecule has 0 fully saturated rings. The highest BCUT2D eigenvalue weighted by atomic mass is 28.4. The van der Waals surface area contributed by atoms with Crippen molar-refractivity contribution in [2.75, 3.05) is 0 Å². The second kappa shape index (κ2) is 11.3. The molecule has 4 aromatic carbocycles. The van der Waals surface area contributed by atoms with Gasteiger partial charge in [-0.05, 0) is 31.8 Å². The lowest BCUT2D eigenvalue weighted by molar-refractivity contribution is 0.523. The van der Waals surface area contributed by atoms with Crippen molar-refractivity contribution in [3.05, 3.63) is 121 Å². The van der Waals surface area contributed by atoms with Crippen LogP contribution in [0.1, 0.15) is 40.5 Å². The Hall–Kier alpha value is -2.73. The van der Waals surface area contributed by atoms with Crippen molar-refractivity contribution in [2.24, 2.45) is 0 Å². The van der Waals surface area contributed by atoms with E-state index in [9.17, 15) is 0 Å². The molecule has 1 nitrogen and oxygen atoms in total. The fourth-order valence-corrected chi connectivity index (χ4v) is 17.8. The number of rotatable bonds is 10. The molecule has 0 unspecified atom stereocenters. The topological polar surface area (TPSA) is 9.23 Å². The molecule has 0 radical (unpaired) electrons. The molecule has 180 valence electrons. The van der Waals surface area contributed by atoms with Gasteiger partial charge in [-0.3, -0.25) is 0 Å². The molecule has 0 aliphatic rings. The van der Waals surface area contributed by atoms with Gasteiger partial charge in [0, 0.05) is 0 Å². The Kier molecular flexibility index (Phi) is 8.22. The quantitative estimate of drug-likeness (QED) is 0.241. The second-order valence-corrected chi connectivity index (χ2v) is 17.7. The van der Waals surface area contributed by atoms with E-state index in [0.29, 0.717) is 11.1 Å². The smallest absolute Gasteiger partial charge is 0.248 e. The molecule has 0 aromatic heterocycles. The van der Waals surface area contributed by atoms with E-state index >= 15 is 0 Å². The normalized spacial score (nSPS) is 13.8. The SMILES string of the molecule is CC[C@@H](C)[Si](O[Si](c1ccccc1)(c1ccccc1)[C@H](C)CC)(c1ccccc1)c1ccccc1. The van der Waals surface area contributed by atoms with E-state index in [0.717, 1.165) is 12.8 Å². The highest BCUT2D eigenvalue weighted by molar-refractivity contribution is 7.10. The molecule has 0 heterocycles. The Balaban J connectivity index is 2.09. The molecule has 4 aromatic rings. The average molecular weight is 495 g/mol. The summed E-state index contributed by atoms with van der Waals surface area (Å²) in [5.74, 6) is 0. The van der Waals surface area contributed by atoms with Crippen LogP contribution >= 0.6 is 0 Å². The molecule has 0 N–H and O–H groups in total. The predicted octanol–water partition coefficient (Wildman–Crippen LogP) is 6.12. The summed E-state index contributed by atoms with van der Waals surface area (Å²) in [7, 11) is -5.34. The minimum Gasteiger partial charge on any atom is -0.441 e. The largest absolute Gasteiger partial charge is 0.441 e. The first-order valence-electron chi connectivity index (χ1n) is 13.0. The van der Waals surface area contributed by atoms with E-state index in [4.69, 9.17) is 4.12 Å². The fourth-order valence-electron chi connectivity index (χ4n) is 5.48. The molecule has 4 rings (SSSR count). The van der Waals surface area contributed by atoms with Gasteiger partial charge in [-0.1, -0.05) is 162 Å². The minimum atomic E-state index is -2.67. The number of benzene rings is 4. The summed E-state index contributed by atoms with van der Waals surface area (Å²) in [5, 5.41) is 5.47. The zero-order chi connectivity index (χ0) is 24.7. The third kappa shape index (κ3) is 4.73. The highest BCUT2D eigenvalue weighted by Crippen LogP contribution is 2.35. The molecule has 3 heteroatoms. The van der Waals surface area contributed by atoms with Crippen molar-refractivity contribution in [2.45, 2.75) is 51.6 Å². The van der Waals surface area contributed by atoms with E-state index in [-0.39, 0.29) is 0 Å². The van der Waals surface area contributed by atoms with Crippen LogP contribution < -0.4 is 20.7 Å². The maximum Gasteiger partial charge on any atom is 0.248 e. The second-order valence-electron chi connectivity index (χ2n) is 9.66. The predicted molar refractivity (Wildman–Crippen MR) is 156 cm³/mol. The lowest BCUT2D eigenvalue weighted by Gasteiger charge is -2.48. The maximum absolute atomic E-state index is 8.15. The van der Waals surface area contributed by atoms with Gasteiger partial charge in [0.25, 0.3) is 0 Å². The van der Waals surface area contributed by atoms with Crippen molar-refractivity contribution >= 4 is 37.4 Å². The van der Waals surface area contributed by atoms with Crippen LogP contribution in [0.5, 0.6) is 0 Å². The van der Waals surface area contributed by atoms with Gasteiger partial charge in [-0.2, -0.15) is 0 Å². The van der Waals surface area contributed by atoms with Crippen molar-refractivity contribution < 1.29 is 4.12 Å². The Morgan fingerprint density at radius 1 is 0.457 bits per heavy atom. The third-order valence-electron chi connectivity index (χ3n) is 7.75. The van der Waals surface area contributed by atoms with Crippen molar-refractivity contribution in [3.8, 4) is 0 Å². The van der Waals surface area contributed by atoms with Gasteiger partial charge in [0.1, 0.15) is 0 Å². The van der Waals surface area contributed by atoms with Crippen LogP contribution in [0.15, 0.2) is 121 Å². The number of hydrogen-bond acceptors (Lipinski definition) is 1. The van der Waals surface area contributed by atoms with Crippen LogP contribution in [-0.2, 0) is 4.12 Å². The molecule has 0 saturated heterocycles. The first kappa shape index (κ1) is 25.4. The molecule has 0 spiro atoms. The van der Waals surface area contributed by atoms with Crippen LogP contribution in [0.3, 0.4) is 0 Å². The summed E-state index contributed by atoms with van der Waals surface area (Å²) < 4.78 is 8.15. The lowest BCUT2D eigenvalue weighted by Crippen LogP contribution is -2.75. The third-order valence-corrected chi connectivity index (χ3v) is 18.7. The van der Waals surface area contributed by atoms with Crippen molar-refractivity contribution in [1.29, 1.82) is 0 Å². The van der Waals surface area contributed by atoms with Crippen LogP contribution in [0.2, 0.25) is 11.1 Å². The number of hydrogen-bond donors (Lipinski definition) is 0. The average Bonchev–Trinajstić information content (AvgIpc) is 2.95. The van der Waals surface area contributed by atoms with E-state index < -0.39 is 16.6 Å². The Morgan fingerprint density at radius 3 is 0.886 bits per heavy atom. The molecule has 0 saturated carbocycles. The first-order valence-corrected chi connectivity index (χ1v) is 17.0. The molecule has 0 aliphatic heterocycles. The summed E-state index contributed by atoms with van der Waals surface area (Å²) in [4.78, 5) is 0. The Morgan fingerprint density at radius 2 is 0.686 bits per heavy atom. The molecule has 35 heavy (non-hydrogen) atoms. The van der Waals surface area contributed by atoms with Gasteiger partial charge in [0.2, 0.25) is 16.6 Å². The van der Waals surface area contributed by atoms with Gasteiger partial charge in [-0.15, -0.1) is 0 Å². The van der Waals surface area contributed by atoms with Crippen LogP contribution in [0, 0.1) is 0 Å². The highest BCUT2D eigenvalue weighted by Gasteiger charge is 2.54. The molecule has 2 atom stereocenters. The van der Waals surface area contributed by atoms with Crippen LogP contribution in [0.25, 0.3) is 0 Å². The van der Waals surface area contributed by atoms with Gasteiger partial charge in [-0.25, -0.2) is 0 Å². The molecule has 0 bridgehead atoms. The minimum absolute atomic E-state index is 0.413. The summed E-state index contributed by atoms with van der Waals surface area (Å²) in [6.07, 6.45) is 2.15. The van der Waals surface area contributed by atoms with Gasteiger partial charge in [0.15, 0.2) is 0 Å². The van der Waals surface area contributed by atoms with Crippen molar-refractivity contribution in [3.63, 3.8) is 0 Å². The van der Waals surface area contributed by atoms with Gasteiger partial charge in [0.05, 0.1) is 0 Å². The maximum atomic E-state index is 8.15. The summed E-state index contributed by atoms with van der Waals surface area (Å²) in [6, 6.07) is 44.5. The zero-order valence-electron chi connectivity index (χ0n) is 21.5. The van der Waals surface area contributed by atoms with E-state index in [1.807, 2.05) is 0 Å². The van der Waals surface area contributed by atoms with E-state index in [1.165, 1.54) is 20.7 Å². The van der Waals surface area contributed by atoms with Crippen LogP contribution in [0.4, 0.5) is 0 Å². The molecular weight excluding hydrogens is 457 g/mol. The lowest BCUT2D eigenvalue weighted by atomic mass is 10.3. The molecule has 0 amide bonds. The van der Waals surface area contributed by atoms with E-state index in [1.54, 1.807) is 0 Å². The van der Waals surface area contributed by atoms with Gasteiger partial charge < -0.3 is 4.12 Å². The monoisotopic (exact) mass is 494 g/mol. The summed E-state index contributed by atoms with van der Waals surface area (Å²) >= 11 is 0. The summed E-state index contributed by atoms with van der Waals surface area (Å²) in [6.45, 7) is 9.47. The summed E-state index contributed by atoms with van der Waals surface area (Å²) in [5.41, 5.74) is 0.825. The Labute approximate surface area is 214 Å².